The number of fused-ring (bicyclic) bond motifs is 1. The van der Waals surface area contributed by atoms with Gasteiger partial charge in [-0.3, -0.25) is 19.3 Å². The van der Waals surface area contributed by atoms with Crippen LogP contribution in [0.15, 0.2) is 42.7 Å². The smallest absolute Gasteiger partial charge is 0.330 e. The van der Waals surface area contributed by atoms with Crippen LogP contribution in [0.4, 0.5) is 27.9 Å². The number of aryl methyl sites for hydroxylation is 1. The summed E-state index contributed by atoms with van der Waals surface area (Å²) in [5, 5.41) is 7.49. The molecule has 2 aliphatic rings. The number of amides is 3. The van der Waals surface area contributed by atoms with Crippen molar-refractivity contribution in [3.05, 3.63) is 53.4 Å². The fraction of sp³-hybridized carbons (Fsp3) is 0.318. The van der Waals surface area contributed by atoms with E-state index in [1.807, 2.05) is 30.3 Å². The van der Waals surface area contributed by atoms with Gasteiger partial charge >= 0.3 is 6.03 Å². The Morgan fingerprint density at radius 3 is 2.70 bits per heavy atom. The minimum absolute atomic E-state index is 0.00152. The van der Waals surface area contributed by atoms with E-state index in [1.165, 1.54) is 0 Å². The highest BCUT2D eigenvalue weighted by atomic mass is 35.5. The molecule has 1 saturated heterocycles. The van der Waals surface area contributed by atoms with Crippen LogP contribution in [0.3, 0.4) is 0 Å². The summed E-state index contributed by atoms with van der Waals surface area (Å²) in [5.74, 6) is 0.856. The normalized spacial score (nSPS) is 18.0. The van der Waals surface area contributed by atoms with Gasteiger partial charge in [0.2, 0.25) is 11.9 Å². The highest BCUT2D eigenvalue weighted by molar-refractivity contribution is 6.32. The lowest BCUT2D eigenvalue weighted by Gasteiger charge is -2.39. The Morgan fingerprint density at radius 1 is 1.24 bits per heavy atom. The van der Waals surface area contributed by atoms with Crippen molar-refractivity contribution in [3.8, 4) is 0 Å². The molecule has 0 spiro atoms. The Balaban J connectivity index is 1.53. The van der Waals surface area contributed by atoms with Crippen molar-refractivity contribution in [1.82, 2.24) is 24.6 Å². The molecule has 1 atom stereocenters. The number of halogens is 1. The first-order valence-electron chi connectivity index (χ1n) is 10.6. The molecular weight excluding hydrogens is 444 g/mol. The van der Waals surface area contributed by atoms with Gasteiger partial charge in [-0.05, 0) is 18.6 Å². The van der Waals surface area contributed by atoms with Crippen LogP contribution in [-0.4, -0.2) is 55.7 Å². The lowest BCUT2D eigenvalue weighted by molar-refractivity contribution is -0.127. The molecule has 0 aliphatic carbocycles. The number of carbonyl (C=O) groups excluding carboxylic acids is 2. The molecule has 0 saturated carbocycles. The molecule has 3 aromatic rings. The molecular formula is C22H23ClN8O2. The van der Waals surface area contributed by atoms with Crippen molar-refractivity contribution < 1.29 is 9.59 Å². The zero-order valence-corrected chi connectivity index (χ0v) is 19.0. The number of hydrogen-bond acceptors (Lipinski definition) is 6. The number of anilines is 4. The number of benzene rings is 1. The zero-order chi connectivity index (χ0) is 23.1. The first-order valence-corrected chi connectivity index (χ1v) is 11.0. The van der Waals surface area contributed by atoms with E-state index in [0.29, 0.717) is 48.7 Å². The van der Waals surface area contributed by atoms with Crippen LogP contribution in [0.1, 0.15) is 18.9 Å². The van der Waals surface area contributed by atoms with E-state index >= 15 is 0 Å². The summed E-state index contributed by atoms with van der Waals surface area (Å²) in [6.45, 7) is 2.97. The summed E-state index contributed by atoms with van der Waals surface area (Å²) in [5.41, 5.74) is 2.19. The van der Waals surface area contributed by atoms with Crippen molar-refractivity contribution in [3.63, 3.8) is 0 Å². The van der Waals surface area contributed by atoms with Gasteiger partial charge in [0.25, 0.3) is 0 Å². The van der Waals surface area contributed by atoms with Crippen LogP contribution in [0.5, 0.6) is 0 Å². The van der Waals surface area contributed by atoms with Crippen LogP contribution < -0.4 is 15.1 Å². The van der Waals surface area contributed by atoms with E-state index in [-0.39, 0.29) is 18.0 Å². The third-order valence-corrected chi connectivity index (χ3v) is 6.19. The number of aromatic nitrogens is 4. The molecule has 33 heavy (non-hydrogen) atoms. The number of para-hydroxylation sites is 1. The SMILES string of the molecule is CC(=O)N1CC[C@H](N2C(=O)N(c3ccccc3)Cc3cnc(Nc4cn(C)nc4Cl)nc32)C1. The maximum Gasteiger partial charge on any atom is 0.330 e. The maximum atomic E-state index is 13.7. The summed E-state index contributed by atoms with van der Waals surface area (Å²) in [4.78, 5) is 40.0. The number of nitrogens with one attached hydrogen (secondary N) is 1. The maximum absolute atomic E-state index is 13.7. The molecule has 10 nitrogen and oxygen atoms in total. The molecule has 2 aromatic heterocycles. The predicted octanol–water partition coefficient (Wildman–Crippen LogP) is 3.17. The molecule has 0 bridgehead atoms. The lowest BCUT2D eigenvalue weighted by atomic mass is 10.1. The number of urea groups is 1. The Bertz CT molecular complexity index is 1210. The summed E-state index contributed by atoms with van der Waals surface area (Å²) < 4.78 is 1.59. The average molecular weight is 467 g/mol. The van der Waals surface area contributed by atoms with Crippen LogP contribution in [0.2, 0.25) is 5.15 Å². The van der Waals surface area contributed by atoms with E-state index in [9.17, 15) is 9.59 Å². The highest BCUT2D eigenvalue weighted by Crippen LogP contribution is 2.35. The van der Waals surface area contributed by atoms with Crippen molar-refractivity contribution in [1.29, 1.82) is 0 Å². The predicted molar refractivity (Wildman–Crippen MR) is 125 cm³/mol. The molecule has 2 aliphatic heterocycles. The first kappa shape index (κ1) is 21.2. The second kappa shape index (κ2) is 8.36. The third kappa shape index (κ3) is 3.97. The van der Waals surface area contributed by atoms with Crippen molar-refractivity contribution >= 4 is 46.7 Å². The van der Waals surface area contributed by atoms with Gasteiger partial charge in [0.15, 0.2) is 5.15 Å². The largest absolute Gasteiger partial charge is 0.341 e. The van der Waals surface area contributed by atoms with Crippen molar-refractivity contribution in [2.45, 2.75) is 25.9 Å². The third-order valence-electron chi connectivity index (χ3n) is 5.91. The minimum atomic E-state index is -0.184. The molecule has 11 heteroatoms. The quantitative estimate of drug-likeness (QED) is 0.634. The summed E-state index contributed by atoms with van der Waals surface area (Å²) in [6, 6.07) is 9.16. The number of hydrogen-bond donors (Lipinski definition) is 1. The molecule has 0 unspecified atom stereocenters. The number of carbonyl (C=O) groups is 2. The van der Waals surface area contributed by atoms with Gasteiger partial charge in [-0.1, -0.05) is 29.8 Å². The van der Waals surface area contributed by atoms with Gasteiger partial charge in [-0.15, -0.1) is 0 Å². The molecule has 170 valence electrons. The number of rotatable bonds is 4. The van der Waals surface area contributed by atoms with Gasteiger partial charge in [0.1, 0.15) is 5.82 Å². The summed E-state index contributed by atoms with van der Waals surface area (Å²) >= 11 is 6.17. The van der Waals surface area contributed by atoms with Crippen LogP contribution in [0, 0.1) is 0 Å². The fourth-order valence-corrected chi connectivity index (χ4v) is 4.50. The van der Waals surface area contributed by atoms with Gasteiger partial charge in [0, 0.05) is 50.7 Å². The average Bonchev–Trinajstić information content (AvgIpc) is 3.40. The Kier molecular flexibility index (Phi) is 5.37. The number of likely N-dealkylation sites (tertiary alicyclic amines) is 1. The van der Waals surface area contributed by atoms with Crippen LogP contribution >= 0.6 is 11.6 Å². The van der Waals surface area contributed by atoms with Crippen LogP contribution in [-0.2, 0) is 18.4 Å². The first-order chi connectivity index (χ1) is 15.9. The highest BCUT2D eigenvalue weighted by Gasteiger charge is 2.40. The van der Waals surface area contributed by atoms with E-state index in [0.717, 1.165) is 11.3 Å². The second-order valence-electron chi connectivity index (χ2n) is 8.16. The molecule has 0 radical (unpaired) electrons. The van der Waals surface area contributed by atoms with Crippen molar-refractivity contribution in [2.75, 3.05) is 28.2 Å². The minimum Gasteiger partial charge on any atom is -0.341 e. The molecule has 5 rings (SSSR count). The van der Waals surface area contributed by atoms with Crippen molar-refractivity contribution in [2.24, 2.45) is 7.05 Å². The number of nitrogens with zero attached hydrogens (tertiary/aromatic N) is 7. The Hall–Kier alpha value is -3.66. The van der Waals surface area contributed by atoms with E-state index in [4.69, 9.17) is 16.6 Å². The molecule has 1 fully saturated rings. The standard InChI is InChI=1S/C22H23ClN8O2/c1-14(32)29-9-8-17(12-29)31-20-15(11-30(22(31)33)16-6-4-3-5-7-16)10-24-21(26-20)25-18-13-28(2)27-19(18)23/h3-7,10,13,17H,8-9,11-12H2,1-2H3,(H,24,25,26)/t17-/m0/s1. The van der Waals surface area contributed by atoms with Gasteiger partial charge in [-0.2, -0.15) is 10.1 Å². The van der Waals surface area contributed by atoms with Gasteiger partial charge in [0.05, 0.1) is 18.3 Å². The Morgan fingerprint density at radius 2 is 2.03 bits per heavy atom. The lowest BCUT2D eigenvalue weighted by Crippen LogP contribution is -2.53. The van der Waals surface area contributed by atoms with Gasteiger partial charge < -0.3 is 10.2 Å². The topological polar surface area (TPSA) is 99.5 Å². The van der Waals surface area contributed by atoms with E-state index < -0.39 is 0 Å². The molecule has 1 N–H and O–H groups in total. The van der Waals surface area contributed by atoms with E-state index in [2.05, 4.69) is 15.4 Å². The monoisotopic (exact) mass is 466 g/mol. The summed E-state index contributed by atoms with van der Waals surface area (Å²) in [7, 11) is 1.77. The van der Waals surface area contributed by atoms with E-state index in [1.54, 1.807) is 45.7 Å². The molecule has 3 amide bonds. The molecule has 1 aromatic carbocycles. The van der Waals surface area contributed by atoms with Crippen LogP contribution in [0.25, 0.3) is 0 Å². The summed E-state index contributed by atoms with van der Waals surface area (Å²) in [6.07, 6.45) is 4.13. The fourth-order valence-electron chi connectivity index (χ4n) is 4.28. The van der Waals surface area contributed by atoms with Gasteiger partial charge in [-0.25, -0.2) is 9.78 Å². The molecule has 4 heterocycles. The zero-order valence-electron chi connectivity index (χ0n) is 18.3. The Labute approximate surface area is 195 Å². The second-order valence-corrected chi connectivity index (χ2v) is 8.51.